The van der Waals surface area contributed by atoms with Gasteiger partial charge in [0.15, 0.2) is 0 Å². The van der Waals surface area contributed by atoms with Crippen molar-refractivity contribution in [2.45, 2.75) is 32.1 Å². The van der Waals surface area contributed by atoms with Crippen LogP contribution < -0.4 is 5.73 Å². The molecule has 0 aromatic carbocycles. The summed E-state index contributed by atoms with van der Waals surface area (Å²) in [7, 11) is 1.97. The molecule has 0 saturated heterocycles. The first-order chi connectivity index (χ1) is 8.93. The molecule has 0 amide bonds. The van der Waals surface area contributed by atoms with Gasteiger partial charge in [-0.25, -0.2) is 0 Å². The monoisotopic (exact) mass is 258 g/mol. The first-order valence-electron chi connectivity index (χ1n) is 6.59. The number of hydrogen-bond donors (Lipinski definition) is 1. The normalized spacial score (nSPS) is 13.5. The minimum absolute atomic E-state index is 0.0409. The molecule has 4 heteroatoms. The molecule has 102 valence electrons. The van der Waals surface area contributed by atoms with Crippen molar-refractivity contribution in [3.8, 4) is 0 Å². The van der Waals surface area contributed by atoms with Crippen LogP contribution in [0.25, 0.3) is 0 Å². The average molecular weight is 258 g/mol. The van der Waals surface area contributed by atoms with Crippen LogP contribution in [-0.4, -0.2) is 21.3 Å². The Balaban J connectivity index is 2.42. The van der Waals surface area contributed by atoms with Crippen molar-refractivity contribution in [2.75, 3.05) is 6.54 Å². The highest BCUT2D eigenvalue weighted by atomic mass is 15.3. The molecule has 2 N–H and O–H groups in total. The van der Waals surface area contributed by atoms with Crippen LogP contribution in [0.2, 0.25) is 0 Å². The predicted molar refractivity (Wildman–Crippen MR) is 77.0 cm³/mol. The van der Waals surface area contributed by atoms with Crippen molar-refractivity contribution in [1.29, 1.82) is 0 Å². The highest BCUT2D eigenvalue weighted by Gasteiger charge is 2.23. The summed E-state index contributed by atoms with van der Waals surface area (Å²) < 4.78 is 1.92. The van der Waals surface area contributed by atoms with Gasteiger partial charge in [0.05, 0.1) is 17.3 Å². The van der Waals surface area contributed by atoms with Crippen LogP contribution in [0.15, 0.2) is 30.5 Å². The molecular weight excluding hydrogens is 236 g/mol. The first-order valence-corrected chi connectivity index (χ1v) is 6.59. The second kappa shape index (κ2) is 5.13. The highest BCUT2D eigenvalue weighted by Crippen LogP contribution is 2.27. The molecule has 0 fully saturated rings. The van der Waals surface area contributed by atoms with E-state index < -0.39 is 0 Å². The van der Waals surface area contributed by atoms with E-state index in [9.17, 15) is 0 Å². The molecule has 0 saturated carbocycles. The lowest BCUT2D eigenvalue weighted by Crippen LogP contribution is -2.18. The number of pyridine rings is 1. The van der Waals surface area contributed by atoms with Gasteiger partial charge < -0.3 is 5.73 Å². The maximum atomic E-state index is 5.94. The van der Waals surface area contributed by atoms with Crippen molar-refractivity contribution in [3.63, 3.8) is 0 Å². The fourth-order valence-corrected chi connectivity index (χ4v) is 2.15. The van der Waals surface area contributed by atoms with Crippen LogP contribution in [-0.2, 0) is 12.5 Å². The SMILES string of the molecule is Cn1nc(C(C)(C)C)cc1C(CN)c1ccccn1. The number of aryl methyl sites for hydroxylation is 1. The molecule has 2 rings (SSSR count). The van der Waals surface area contributed by atoms with Gasteiger partial charge in [0.1, 0.15) is 0 Å². The Hall–Kier alpha value is -1.68. The second-order valence-electron chi connectivity index (χ2n) is 5.87. The summed E-state index contributed by atoms with van der Waals surface area (Å²) in [5.74, 6) is 0.0924. The van der Waals surface area contributed by atoms with Gasteiger partial charge in [-0.3, -0.25) is 9.67 Å². The molecule has 1 unspecified atom stereocenters. The summed E-state index contributed by atoms with van der Waals surface area (Å²) in [6, 6.07) is 8.07. The fraction of sp³-hybridized carbons (Fsp3) is 0.467. The largest absolute Gasteiger partial charge is 0.329 e. The minimum Gasteiger partial charge on any atom is -0.329 e. The molecule has 4 nitrogen and oxygen atoms in total. The molecule has 0 radical (unpaired) electrons. The zero-order valence-electron chi connectivity index (χ0n) is 12.1. The second-order valence-corrected chi connectivity index (χ2v) is 5.87. The third-order valence-corrected chi connectivity index (χ3v) is 3.32. The van der Waals surface area contributed by atoms with Gasteiger partial charge in [-0.05, 0) is 18.2 Å². The van der Waals surface area contributed by atoms with E-state index in [0.717, 1.165) is 17.1 Å². The summed E-state index contributed by atoms with van der Waals surface area (Å²) in [5.41, 5.74) is 9.18. The zero-order valence-corrected chi connectivity index (χ0v) is 12.1. The van der Waals surface area contributed by atoms with Crippen LogP contribution in [0.3, 0.4) is 0 Å². The van der Waals surface area contributed by atoms with Gasteiger partial charge in [0.2, 0.25) is 0 Å². The van der Waals surface area contributed by atoms with Gasteiger partial charge in [-0.1, -0.05) is 26.8 Å². The average Bonchev–Trinajstić information content (AvgIpc) is 2.74. The molecule has 0 aliphatic rings. The topological polar surface area (TPSA) is 56.7 Å². The molecule has 0 aliphatic carbocycles. The molecule has 0 aliphatic heterocycles. The number of rotatable bonds is 3. The maximum absolute atomic E-state index is 5.94. The third-order valence-electron chi connectivity index (χ3n) is 3.32. The molecule has 19 heavy (non-hydrogen) atoms. The Morgan fingerprint density at radius 3 is 2.53 bits per heavy atom. The smallest absolute Gasteiger partial charge is 0.0681 e. The summed E-state index contributed by atoms with van der Waals surface area (Å²) in [6.07, 6.45) is 1.80. The molecule has 1 atom stereocenters. The molecule has 0 spiro atoms. The molecule has 2 aromatic rings. The Kier molecular flexibility index (Phi) is 3.71. The zero-order chi connectivity index (χ0) is 14.0. The Bertz CT molecular complexity index is 537. The lowest BCUT2D eigenvalue weighted by Gasteiger charge is -2.14. The summed E-state index contributed by atoms with van der Waals surface area (Å²) in [5, 5.41) is 4.61. The summed E-state index contributed by atoms with van der Waals surface area (Å²) >= 11 is 0. The number of nitrogens with two attached hydrogens (primary N) is 1. The molecule has 2 heterocycles. The van der Waals surface area contributed by atoms with Crippen molar-refractivity contribution >= 4 is 0 Å². The lowest BCUT2D eigenvalue weighted by atomic mass is 9.91. The predicted octanol–water partition coefficient (Wildman–Crippen LogP) is 2.20. The number of hydrogen-bond acceptors (Lipinski definition) is 3. The van der Waals surface area contributed by atoms with Gasteiger partial charge in [0, 0.05) is 30.9 Å². The Labute approximate surface area is 114 Å². The third kappa shape index (κ3) is 2.84. The Morgan fingerprint density at radius 1 is 1.32 bits per heavy atom. The lowest BCUT2D eigenvalue weighted by molar-refractivity contribution is 0.549. The first kappa shape index (κ1) is 13.7. The van der Waals surface area contributed by atoms with E-state index in [2.05, 4.69) is 36.9 Å². The van der Waals surface area contributed by atoms with E-state index in [1.54, 1.807) is 6.20 Å². The van der Waals surface area contributed by atoms with E-state index >= 15 is 0 Å². The van der Waals surface area contributed by atoms with Crippen molar-refractivity contribution in [1.82, 2.24) is 14.8 Å². The van der Waals surface area contributed by atoms with Gasteiger partial charge in [0.25, 0.3) is 0 Å². The number of nitrogens with zero attached hydrogens (tertiary/aromatic N) is 3. The van der Waals surface area contributed by atoms with Crippen molar-refractivity contribution < 1.29 is 0 Å². The Morgan fingerprint density at radius 2 is 2.05 bits per heavy atom. The van der Waals surface area contributed by atoms with Crippen LogP contribution >= 0.6 is 0 Å². The molecular formula is C15H22N4. The van der Waals surface area contributed by atoms with Gasteiger partial charge in [-0.2, -0.15) is 5.10 Å². The van der Waals surface area contributed by atoms with Crippen LogP contribution in [0.5, 0.6) is 0 Å². The van der Waals surface area contributed by atoms with Crippen LogP contribution in [0.4, 0.5) is 0 Å². The van der Waals surface area contributed by atoms with Gasteiger partial charge >= 0.3 is 0 Å². The van der Waals surface area contributed by atoms with E-state index in [-0.39, 0.29) is 11.3 Å². The summed E-state index contributed by atoms with van der Waals surface area (Å²) in [6.45, 7) is 7.02. The van der Waals surface area contributed by atoms with E-state index in [1.165, 1.54) is 0 Å². The van der Waals surface area contributed by atoms with Gasteiger partial charge in [-0.15, -0.1) is 0 Å². The number of aromatic nitrogens is 3. The maximum Gasteiger partial charge on any atom is 0.0681 e. The fourth-order valence-electron chi connectivity index (χ4n) is 2.15. The standard InChI is InChI=1S/C15H22N4/c1-15(2,3)14-9-13(19(4)18-14)11(10-16)12-7-5-6-8-17-12/h5-9,11H,10,16H2,1-4H3. The quantitative estimate of drug-likeness (QED) is 0.918. The highest BCUT2D eigenvalue weighted by molar-refractivity contribution is 5.27. The molecule has 0 bridgehead atoms. The van der Waals surface area contributed by atoms with E-state index in [4.69, 9.17) is 5.73 Å². The minimum atomic E-state index is 0.0409. The molecule has 2 aromatic heterocycles. The van der Waals surface area contributed by atoms with Crippen LogP contribution in [0, 0.1) is 0 Å². The van der Waals surface area contributed by atoms with Crippen LogP contribution in [0.1, 0.15) is 43.8 Å². The van der Waals surface area contributed by atoms with E-state index in [0.29, 0.717) is 6.54 Å². The summed E-state index contributed by atoms with van der Waals surface area (Å²) in [4.78, 5) is 4.42. The van der Waals surface area contributed by atoms with E-state index in [1.807, 2.05) is 29.9 Å². The van der Waals surface area contributed by atoms with Crippen molar-refractivity contribution in [3.05, 3.63) is 47.5 Å². The van der Waals surface area contributed by atoms with Crippen molar-refractivity contribution in [2.24, 2.45) is 12.8 Å².